The molecule has 21 heavy (non-hydrogen) atoms. The predicted octanol–water partition coefficient (Wildman–Crippen LogP) is 4.55. The molecule has 2 nitrogen and oxygen atoms in total. The standard InChI is InChI=1S/C17H14BrFO2/c1-17(9-11-2-5-13(19)6-3-11)10-15(20)14-8-12(18)4-7-16(14)21-17/h2-8H,9-10H2,1H3. The van der Waals surface area contributed by atoms with E-state index < -0.39 is 5.60 Å². The summed E-state index contributed by atoms with van der Waals surface area (Å²) in [6.07, 6.45) is 0.877. The highest BCUT2D eigenvalue weighted by Crippen LogP contribution is 2.36. The van der Waals surface area contributed by atoms with E-state index in [-0.39, 0.29) is 11.6 Å². The first-order valence-electron chi connectivity index (χ1n) is 6.71. The fourth-order valence-corrected chi connectivity index (χ4v) is 3.04. The van der Waals surface area contributed by atoms with E-state index in [9.17, 15) is 9.18 Å². The molecule has 1 aliphatic heterocycles. The van der Waals surface area contributed by atoms with Gasteiger partial charge in [-0.3, -0.25) is 4.79 Å². The van der Waals surface area contributed by atoms with Crippen molar-refractivity contribution in [3.8, 4) is 5.75 Å². The summed E-state index contributed by atoms with van der Waals surface area (Å²) in [6.45, 7) is 1.92. The maximum Gasteiger partial charge on any atom is 0.170 e. The molecule has 2 aromatic rings. The van der Waals surface area contributed by atoms with Gasteiger partial charge in [-0.25, -0.2) is 4.39 Å². The van der Waals surface area contributed by atoms with Crippen LogP contribution < -0.4 is 4.74 Å². The number of carbonyl (C=O) groups is 1. The molecule has 0 bridgehead atoms. The Morgan fingerprint density at radius 1 is 1.24 bits per heavy atom. The van der Waals surface area contributed by atoms with Crippen molar-refractivity contribution in [1.82, 2.24) is 0 Å². The number of benzene rings is 2. The third-order valence-electron chi connectivity index (χ3n) is 3.62. The molecule has 0 N–H and O–H groups in total. The first-order valence-corrected chi connectivity index (χ1v) is 7.51. The molecule has 108 valence electrons. The molecular weight excluding hydrogens is 335 g/mol. The van der Waals surface area contributed by atoms with Crippen molar-refractivity contribution in [2.45, 2.75) is 25.4 Å². The van der Waals surface area contributed by atoms with Crippen LogP contribution in [0, 0.1) is 5.82 Å². The molecule has 2 aromatic carbocycles. The lowest BCUT2D eigenvalue weighted by Crippen LogP contribution is -2.41. The number of hydrogen-bond acceptors (Lipinski definition) is 2. The molecule has 1 atom stereocenters. The minimum absolute atomic E-state index is 0.0714. The van der Waals surface area contributed by atoms with E-state index in [1.54, 1.807) is 24.3 Å². The van der Waals surface area contributed by atoms with Crippen molar-refractivity contribution in [3.05, 3.63) is 63.9 Å². The first-order chi connectivity index (χ1) is 9.95. The van der Waals surface area contributed by atoms with Crippen LogP contribution in [0.15, 0.2) is 46.9 Å². The third kappa shape index (κ3) is 3.00. The quantitative estimate of drug-likeness (QED) is 0.795. The topological polar surface area (TPSA) is 26.3 Å². The summed E-state index contributed by atoms with van der Waals surface area (Å²) in [5, 5.41) is 0. The van der Waals surface area contributed by atoms with E-state index in [4.69, 9.17) is 4.74 Å². The Hall–Kier alpha value is -1.68. The third-order valence-corrected chi connectivity index (χ3v) is 4.12. The summed E-state index contributed by atoms with van der Waals surface area (Å²) in [6, 6.07) is 11.8. The zero-order valence-corrected chi connectivity index (χ0v) is 13.1. The minimum atomic E-state index is -0.601. The van der Waals surface area contributed by atoms with Gasteiger partial charge in [-0.1, -0.05) is 28.1 Å². The number of Topliss-reactive ketones (excluding diaryl/α,β-unsaturated/α-hetero) is 1. The molecule has 1 aliphatic rings. The Morgan fingerprint density at radius 3 is 2.67 bits per heavy atom. The molecule has 0 aromatic heterocycles. The molecule has 0 aliphatic carbocycles. The molecule has 1 unspecified atom stereocenters. The second-order valence-electron chi connectivity index (χ2n) is 5.60. The number of rotatable bonds is 2. The van der Waals surface area contributed by atoms with Crippen LogP contribution in [0.2, 0.25) is 0 Å². The van der Waals surface area contributed by atoms with Gasteiger partial charge < -0.3 is 4.74 Å². The molecule has 0 saturated carbocycles. The van der Waals surface area contributed by atoms with Crippen LogP contribution in [0.1, 0.15) is 29.3 Å². The average molecular weight is 349 g/mol. The minimum Gasteiger partial charge on any atom is -0.486 e. The van der Waals surface area contributed by atoms with Crippen molar-refractivity contribution in [2.24, 2.45) is 0 Å². The van der Waals surface area contributed by atoms with Crippen LogP contribution in [0.25, 0.3) is 0 Å². The monoisotopic (exact) mass is 348 g/mol. The van der Waals surface area contributed by atoms with E-state index in [0.29, 0.717) is 24.2 Å². The largest absolute Gasteiger partial charge is 0.486 e. The van der Waals surface area contributed by atoms with Crippen LogP contribution in [-0.4, -0.2) is 11.4 Å². The smallest absolute Gasteiger partial charge is 0.170 e. The van der Waals surface area contributed by atoms with Gasteiger partial charge in [0.25, 0.3) is 0 Å². The van der Waals surface area contributed by atoms with Gasteiger partial charge in [-0.2, -0.15) is 0 Å². The summed E-state index contributed by atoms with van der Waals surface area (Å²) in [5.41, 5.74) is 0.962. The van der Waals surface area contributed by atoms with Gasteiger partial charge in [0.2, 0.25) is 0 Å². The number of ether oxygens (including phenoxy) is 1. The zero-order chi connectivity index (χ0) is 15.0. The number of fused-ring (bicyclic) bond motifs is 1. The Bertz CT molecular complexity index is 696. The van der Waals surface area contributed by atoms with Gasteiger partial charge in [0, 0.05) is 10.9 Å². The number of carbonyl (C=O) groups excluding carboxylic acids is 1. The maximum absolute atomic E-state index is 13.0. The molecule has 0 amide bonds. The van der Waals surface area contributed by atoms with Gasteiger partial charge in [-0.05, 0) is 42.8 Å². The summed E-state index contributed by atoms with van der Waals surface area (Å²) >= 11 is 3.36. The zero-order valence-electron chi connectivity index (χ0n) is 11.5. The second kappa shape index (κ2) is 5.26. The Kier molecular flexibility index (Phi) is 3.57. The van der Waals surface area contributed by atoms with E-state index in [1.807, 2.05) is 13.0 Å². The molecule has 0 saturated heterocycles. The Labute approximate surface area is 131 Å². The highest BCUT2D eigenvalue weighted by Gasteiger charge is 2.36. The maximum atomic E-state index is 13.0. The van der Waals surface area contributed by atoms with Crippen molar-refractivity contribution in [3.63, 3.8) is 0 Å². The molecular formula is C17H14BrFO2. The fourth-order valence-electron chi connectivity index (χ4n) is 2.68. The van der Waals surface area contributed by atoms with E-state index >= 15 is 0 Å². The predicted molar refractivity (Wildman–Crippen MR) is 82.2 cm³/mol. The van der Waals surface area contributed by atoms with Gasteiger partial charge in [0.15, 0.2) is 5.78 Å². The molecule has 1 heterocycles. The highest BCUT2D eigenvalue weighted by molar-refractivity contribution is 9.10. The molecule has 0 spiro atoms. The first kappa shape index (κ1) is 14.3. The highest BCUT2D eigenvalue weighted by atomic mass is 79.9. The van der Waals surface area contributed by atoms with Crippen molar-refractivity contribution in [1.29, 1.82) is 0 Å². The lowest BCUT2D eigenvalue weighted by molar-refractivity contribution is 0.0523. The summed E-state index contributed by atoms with van der Waals surface area (Å²) in [7, 11) is 0. The lowest BCUT2D eigenvalue weighted by Gasteiger charge is -2.35. The molecule has 0 fully saturated rings. The van der Waals surface area contributed by atoms with Crippen molar-refractivity contribution >= 4 is 21.7 Å². The van der Waals surface area contributed by atoms with Crippen LogP contribution in [0.5, 0.6) is 5.75 Å². The van der Waals surface area contributed by atoms with Crippen LogP contribution in [-0.2, 0) is 6.42 Å². The number of ketones is 1. The average Bonchev–Trinajstić information content (AvgIpc) is 2.42. The van der Waals surface area contributed by atoms with Crippen molar-refractivity contribution in [2.75, 3.05) is 0 Å². The Balaban J connectivity index is 1.88. The van der Waals surface area contributed by atoms with E-state index in [2.05, 4.69) is 15.9 Å². The van der Waals surface area contributed by atoms with E-state index in [1.165, 1.54) is 12.1 Å². The van der Waals surface area contributed by atoms with Gasteiger partial charge in [-0.15, -0.1) is 0 Å². The molecule has 0 radical (unpaired) electrons. The molecule has 4 heteroatoms. The van der Waals surface area contributed by atoms with Crippen molar-refractivity contribution < 1.29 is 13.9 Å². The lowest BCUT2D eigenvalue weighted by atomic mass is 9.86. The summed E-state index contributed by atoms with van der Waals surface area (Å²) in [5.74, 6) is 0.418. The van der Waals surface area contributed by atoms with Gasteiger partial charge in [0.1, 0.15) is 17.2 Å². The van der Waals surface area contributed by atoms with Gasteiger partial charge >= 0.3 is 0 Å². The number of halogens is 2. The number of hydrogen-bond donors (Lipinski definition) is 0. The normalized spacial score (nSPS) is 20.8. The van der Waals surface area contributed by atoms with Crippen LogP contribution >= 0.6 is 15.9 Å². The van der Waals surface area contributed by atoms with E-state index in [0.717, 1.165) is 10.0 Å². The Morgan fingerprint density at radius 2 is 1.95 bits per heavy atom. The van der Waals surface area contributed by atoms with Gasteiger partial charge in [0.05, 0.1) is 12.0 Å². The van der Waals surface area contributed by atoms with Crippen LogP contribution in [0.3, 0.4) is 0 Å². The van der Waals surface area contributed by atoms with Crippen LogP contribution in [0.4, 0.5) is 4.39 Å². The summed E-state index contributed by atoms with van der Waals surface area (Å²) in [4.78, 5) is 12.3. The fraction of sp³-hybridized carbons (Fsp3) is 0.235. The SMILES string of the molecule is CC1(Cc2ccc(F)cc2)CC(=O)c2cc(Br)ccc2O1. The second-order valence-corrected chi connectivity index (χ2v) is 6.51. The summed E-state index contributed by atoms with van der Waals surface area (Å²) < 4.78 is 19.9. The molecule has 3 rings (SSSR count).